The quantitative estimate of drug-likeness (QED) is 0.539. The van der Waals surface area contributed by atoms with Gasteiger partial charge in [0.2, 0.25) is 0 Å². The molecule has 17 heavy (non-hydrogen) atoms. The molecule has 104 valence electrons. The molecule has 0 unspecified atom stereocenters. The van der Waals surface area contributed by atoms with Crippen LogP contribution in [0.3, 0.4) is 0 Å². The Morgan fingerprint density at radius 1 is 0.882 bits per heavy atom. The van der Waals surface area contributed by atoms with Gasteiger partial charge in [-0.1, -0.05) is 40.0 Å². The van der Waals surface area contributed by atoms with Crippen molar-refractivity contribution in [3.8, 4) is 0 Å². The molecule has 5 heteroatoms. The van der Waals surface area contributed by atoms with Crippen molar-refractivity contribution < 1.29 is 12.7 Å². The Morgan fingerprint density at radius 3 is 1.76 bits per heavy atom. The second kappa shape index (κ2) is 9.85. The Bertz CT molecular complexity index is 257. The first-order valence-electron chi connectivity index (χ1n) is 6.73. The maximum absolute atomic E-state index is 11.7. The molecule has 0 amide bonds. The second-order valence-electron chi connectivity index (χ2n) is 4.33. The summed E-state index contributed by atoms with van der Waals surface area (Å²) >= 11 is 0. The van der Waals surface area contributed by atoms with Gasteiger partial charge >= 0.3 is 0 Å². The average Bonchev–Trinajstić information content (AvgIpc) is 2.30. The minimum Gasteiger partial charge on any atom is -0.198 e. The molecule has 0 N–H and O–H groups in total. The summed E-state index contributed by atoms with van der Waals surface area (Å²) in [6, 6.07) is 0. The van der Waals surface area contributed by atoms with E-state index in [1.54, 1.807) is 5.06 Å². The first-order chi connectivity index (χ1) is 8.05. The predicted octanol–water partition coefficient (Wildman–Crippen LogP) is 2.95. The Kier molecular flexibility index (Phi) is 9.78. The van der Waals surface area contributed by atoms with Gasteiger partial charge in [-0.3, -0.25) is 0 Å². The highest BCUT2D eigenvalue weighted by Crippen LogP contribution is 2.06. The Labute approximate surface area is 106 Å². The summed E-state index contributed by atoms with van der Waals surface area (Å²) in [6.45, 7) is 7.54. The van der Waals surface area contributed by atoms with Crippen molar-refractivity contribution in [2.24, 2.45) is 0 Å². The van der Waals surface area contributed by atoms with Crippen molar-refractivity contribution in [3.05, 3.63) is 0 Å². The van der Waals surface area contributed by atoms with Crippen molar-refractivity contribution in [2.45, 2.75) is 59.3 Å². The SMILES string of the molecule is CCCCN(CCCC)OS(=O)(=O)CCCC. The average molecular weight is 265 g/mol. The molecule has 0 bridgehead atoms. The Morgan fingerprint density at radius 2 is 1.35 bits per heavy atom. The molecule has 0 spiro atoms. The second-order valence-corrected chi connectivity index (χ2v) is 6.00. The van der Waals surface area contributed by atoms with E-state index in [0.29, 0.717) is 19.5 Å². The minimum absolute atomic E-state index is 0.123. The van der Waals surface area contributed by atoms with Crippen molar-refractivity contribution in [1.82, 2.24) is 5.06 Å². The topological polar surface area (TPSA) is 46.6 Å². The molecule has 0 saturated heterocycles. The first kappa shape index (κ1) is 16.9. The van der Waals surface area contributed by atoms with E-state index in [2.05, 4.69) is 13.8 Å². The fourth-order valence-electron chi connectivity index (χ4n) is 1.37. The van der Waals surface area contributed by atoms with E-state index in [9.17, 15) is 8.42 Å². The Balaban J connectivity index is 4.18. The van der Waals surface area contributed by atoms with Crippen LogP contribution in [0, 0.1) is 0 Å². The van der Waals surface area contributed by atoms with Crippen molar-refractivity contribution in [3.63, 3.8) is 0 Å². The van der Waals surface area contributed by atoms with E-state index < -0.39 is 10.1 Å². The molecule has 0 aromatic rings. The molecule has 0 aliphatic carbocycles. The smallest absolute Gasteiger partial charge is 0.198 e. The zero-order chi connectivity index (χ0) is 13.1. The van der Waals surface area contributed by atoms with Gasteiger partial charge in [0.05, 0.1) is 5.75 Å². The molecule has 0 rings (SSSR count). The molecule has 0 aromatic heterocycles. The third-order valence-corrected chi connectivity index (χ3v) is 3.72. The zero-order valence-corrected chi connectivity index (χ0v) is 12.3. The van der Waals surface area contributed by atoms with Gasteiger partial charge in [0.1, 0.15) is 0 Å². The monoisotopic (exact) mass is 265 g/mol. The highest BCUT2D eigenvalue weighted by atomic mass is 32.2. The van der Waals surface area contributed by atoms with Crippen molar-refractivity contribution >= 4 is 10.1 Å². The van der Waals surface area contributed by atoms with E-state index in [4.69, 9.17) is 4.28 Å². The minimum atomic E-state index is -3.38. The van der Waals surface area contributed by atoms with Crippen LogP contribution in [-0.2, 0) is 14.4 Å². The molecule has 0 fully saturated rings. The van der Waals surface area contributed by atoms with E-state index in [1.807, 2.05) is 6.92 Å². The molecule has 0 saturated carbocycles. The molecule has 0 aliphatic rings. The highest BCUT2D eigenvalue weighted by molar-refractivity contribution is 7.86. The third kappa shape index (κ3) is 9.56. The first-order valence-corrected chi connectivity index (χ1v) is 8.30. The maximum atomic E-state index is 11.7. The molecular formula is C12H27NO3S. The van der Waals surface area contributed by atoms with Crippen LogP contribution in [0.2, 0.25) is 0 Å². The van der Waals surface area contributed by atoms with Gasteiger partial charge in [0, 0.05) is 13.1 Å². The van der Waals surface area contributed by atoms with Crippen LogP contribution in [-0.4, -0.2) is 32.3 Å². The highest BCUT2D eigenvalue weighted by Gasteiger charge is 2.16. The fraction of sp³-hybridized carbons (Fsp3) is 1.00. The van der Waals surface area contributed by atoms with Gasteiger partial charge < -0.3 is 0 Å². The molecular weight excluding hydrogens is 238 g/mol. The zero-order valence-electron chi connectivity index (χ0n) is 11.4. The largest absolute Gasteiger partial charge is 0.283 e. The number of hydrogen-bond donors (Lipinski definition) is 0. The predicted molar refractivity (Wildman–Crippen MR) is 71.2 cm³/mol. The number of nitrogens with zero attached hydrogens (tertiary/aromatic N) is 1. The van der Waals surface area contributed by atoms with Gasteiger partial charge in [-0.2, -0.15) is 17.8 Å². The molecule has 0 heterocycles. The lowest BCUT2D eigenvalue weighted by Crippen LogP contribution is -2.30. The van der Waals surface area contributed by atoms with Crippen LogP contribution < -0.4 is 0 Å². The lowest BCUT2D eigenvalue weighted by molar-refractivity contribution is -0.0531. The lowest BCUT2D eigenvalue weighted by atomic mass is 10.3. The summed E-state index contributed by atoms with van der Waals surface area (Å²) in [6.07, 6.45) is 5.55. The van der Waals surface area contributed by atoms with Crippen LogP contribution in [0.5, 0.6) is 0 Å². The number of unbranched alkanes of at least 4 members (excludes halogenated alkanes) is 3. The summed E-state index contributed by atoms with van der Waals surface area (Å²) in [5.41, 5.74) is 0. The molecule has 0 aromatic carbocycles. The maximum Gasteiger partial charge on any atom is 0.283 e. The van der Waals surface area contributed by atoms with E-state index in [0.717, 1.165) is 32.1 Å². The van der Waals surface area contributed by atoms with Crippen LogP contribution in [0.15, 0.2) is 0 Å². The number of hydrogen-bond acceptors (Lipinski definition) is 4. The van der Waals surface area contributed by atoms with Crippen LogP contribution in [0.25, 0.3) is 0 Å². The van der Waals surface area contributed by atoms with Crippen molar-refractivity contribution in [1.29, 1.82) is 0 Å². The molecule has 4 nitrogen and oxygen atoms in total. The van der Waals surface area contributed by atoms with Crippen LogP contribution in [0.4, 0.5) is 0 Å². The Hall–Kier alpha value is -0.130. The third-order valence-electron chi connectivity index (χ3n) is 2.49. The summed E-state index contributed by atoms with van der Waals surface area (Å²) in [5, 5.41) is 1.61. The van der Waals surface area contributed by atoms with Gasteiger partial charge in [-0.25, -0.2) is 0 Å². The van der Waals surface area contributed by atoms with Gasteiger partial charge in [0.15, 0.2) is 0 Å². The molecule has 0 aliphatic heterocycles. The van der Waals surface area contributed by atoms with Crippen molar-refractivity contribution in [2.75, 3.05) is 18.8 Å². The summed E-state index contributed by atoms with van der Waals surface area (Å²) in [4.78, 5) is 0. The normalized spacial score (nSPS) is 12.2. The van der Waals surface area contributed by atoms with Gasteiger partial charge in [-0.15, -0.1) is 0 Å². The van der Waals surface area contributed by atoms with Gasteiger partial charge in [0.25, 0.3) is 10.1 Å². The van der Waals surface area contributed by atoms with Crippen LogP contribution >= 0.6 is 0 Å². The summed E-state index contributed by atoms with van der Waals surface area (Å²) in [5.74, 6) is 0.123. The number of rotatable bonds is 11. The van der Waals surface area contributed by atoms with E-state index in [1.165, 1.54) is 0 Å². The fourth-order valence-corrected chi connectivity index (χ4v) is 2.56. The summed E-state index contributed by atoms with van der Waals surface area (Å²) in [7, 11) is -3.38. The van der Waals surface area contributed by atoms with E-state index >= 15 is 0 Å². The lowest BCUT2D eigenvalue weighted by Gasteiger charge is -2.20. The number of hydroxylamine groups is 2. The molecule has 0 radical (unpaired) electrons. The summed E-state index contributed by atoms with van der Waals surface area (Å²) < 4.78 is 28.5. The van der Waals surface area contributed by atoms with E-state index in [-0.39, 0.29) is 5.75 Å². The molecule has 0 atom stereocenters. The van der Waals surface area contributed by atoms with Gasteiger partial charge in [-0.05, 0) is 19.3 Å². The standard InChI is InChI=1S/C12H27NO3S/c1-4-7-10-13(11-8-5-2)16-17(14,15)12-9-6-3/h4-12H2,1-3H3. The van der Waals surface area contributed by atoms with Crippen LogP contribution in [0.1, 0.15) is 59.3 Å².